The van der Waals surface area contributed by atoms with Gasteiger partial charge in [-0.3, -0.25) is 4.55 Å². The molecule has 0 saturated heterocycles. The maximum absolute atomic E-state index is 11.2. The van der Waals surface area contributed by atoms with Crippen molar-refractivity contribution >= 4 is 26.0 Å². The van der Waals surface area contributed by atoms with Gasteiger partial charge in [0.25, 0.3) is 10.1 Å². The number of hydrogen-bond acceptors (Lipinski definition) is 2. The lowest BCUT2D eigenvalue weighted by atomic mass is 10.0. The summed E-state index contributed by atoms with van der Waals surface area (Å²) in [4.78, 5) is 0. The second-order valence-corrected chi connectivity index (χ2v) is 6.35. The molecule has 0 aliphatic heterocycles. The highest BCUT2D eigenvalue weighted by Gasteiger charge is 2.34. The molecule has 84 valence electrons. The van der Waals surface area contributed by atoms with E-state index < -0.39 is 14.9 Å². The second-order valence-electron chi connectivity index (χ2n) is 3.82. The van der Waals surface area contributed by atoms with E-state index in [1.807, 2.05) is 12.1 Å². The van der Waals surface area contributed by atoms with Crippen LogP contribution in [0.1, 0.15) is 25.0 Å². The monoisotopic (exact) mass is 292 g/mol. The first kappa shape index (κ1) is 12.7. The Kier molecular flexibility index (Phi) is 3.58. The first-order valence-corrected chi connectivity index (χ1v) is 6.97. The summed E-state index contributed by atoms with van der Waals surface area (Å²) >= 11 is 3.30. The molecule has 1 aromatic rings. The zero-order valence-electron chi connectivity index (χ0n) is 8.57. The third-order valence-corrected chi connectivity index (χ3v) is 4.62. The fourth-order valence-corrected chi connectivity index (χ4v) is 1.95. The van der Waals surface area contributed by atoms with Gasteiger partial charge in [-0.2, -0.15) is 8.42 Å². The standard InChI is InChI=1S/C10H13BrO3S/c1-10(2,15(12,13)14)9-5-3-8(7-11)4-6-9/h3-6H,7H2,1-2H3,(H,12,13,14). The quantitative estimate of drug-likeness (QED) is 0.688. The van der Waals surface area contributed by atoms with Gasteiger partial charge in [0, 0.05) is 5.33 Å². The molecular weight excluding hydrogens is 280 g/mol. The molecule has 1 aromatic carbocycles. The van der Waals surface area contributed by atoms with E-state index in [2.05, 4.69) is 15.9 Å². The molecule has 15 heavy (non-hydrogen) atoms. The van der Waals surface area contributed by atoms with E-state index in [4.69, 9.17) is 4.55 Å². The minimum Gasteiger partial charge on any atom is -0.285 e. The van der Waals surface area contributed by atoms with Crippen LogP contribution in [0.15, 0.2) is 24.3 Å². The first-order valence-electron chi connectivity index (χ1n) is 4.41. The van der Waals surface area contributed by atoms with Gasteiger partial charge >= 0.3 is 0 Å². The molecule has 0 unspecified atom stereocenters. The fraction of sp³-hybridized carbons (Fsp3) is 0.400. The summed E-state index contributed by atoms with van der Waals surface area (Å²) in [6, 6.07) is 7.09. The molecule has 0 amide bonds. The van der Waals surface area contributed by atoms with Crippen molar-refractivity contribution in [3.8, 4) is 0 Å². The maximum atomic E-state index is 11.2. The highest BCUT2D eigenvalue weighted by atomic mass is 79.9. The average Bonchev–Trinajstić information content (AvgIpc) is 2.16. The van der Waals surface area contributed by atoms with E-state index in [0.29, 0.717) is 5.56 Å². The minimum atomic E-state index is -4.09. The Bertz CT molecular complexity index is 434. The minimum absolute atomic E-state index is 0.578. The van der Waals surface area contributed by atoms with Gasteiger partial charge in [-0.15, -0.1) is 0 Å². The number of benzene rings is 1. The third kappa shape index (κ3) is 2.59. The fourth-order valence-electron chi connectivity index (χ4n) is 1.14. The predicted octanol–water partition coefficient (Wildman–Crippen LogP) is 2.70. The van der Waals surface area contributed by atoms with Crippen LogP contribution >= 0.6 is 15.9 Å². The topological polar surface area (TPSA) is 54.4 Å². The lowest BCUT2D eigenvalue weighted by Gasteiger charge is -2.21. The molecule has 3 nitrogen and oxygen atoms in total. The zero-order chi connectivity index (χ0) is 11.7. The van der Waals surface area contributed by atoms with Crippen LogP contribution < -0.4 is 0 Å². The summed E-state index contributed by atoms with van der Waals surface area (Å²) in [5.74, 6) is 0. The molecule has 1 N–H and O–H groups in total. The van der Waals surface area contributed by atoms with Crippen LogP contribution in [0.5, 0.6) is 0 Å². The normalized spacial score (nSPS) is 12.8. The van der Waals surface area contributed by atoms with E-state index >= 15 is 0 Å². The highest BCUT2D eigenvalue weighted by Crippen LogP contribution is 2.28. The van der Waals surface area contributed by atoms with Gasteiger partial charge in [-0.1, -0.05) is 40.2 Å². The van der Waals surface area contributed by atoms with Crippen molar-refractivity contribution in [1.29, 1.82) is 0 Å². The largest absolute Gasteiger partial charge is 0.285 e. The number of halogens is 1. The Morgan fingerprint density at radius 2 is 1.73 bits per heavy atom. The Labute approximate surface area is 98.4 Å². The molecule has 0 fully saturated rings. The molecule has 0 radical (unpaired) electrons. The average molecular weight is 293 g/mol. The van der Waals surface area contributed by atoms with E-state index in [0.717, 1.165) is 10.9 Å². The summed E-state index contributed by atoms with van der Waals surface area (Å²) in [6.07, 6.45) is 0. The van der Waals surface area contributed by atoms with Gasteiger partial charge in [-0.05, 0) is 25.0 Å². The molecule has 1 rings (SSSR count). The highest BCUT2D eigenvalue weighted by molar-refractivity contribution is 9.08. The van der Waals surface area contributed by atoms with Crippen molar-refractivity contribution in [2.45, 2.75) is 23.9 Å². The number of alkyl halides is 1. The third-order valence-electron chi connectivity index (χ3n) is 2.45. The molecule has 0 saturated carbocycles. The summed E-state index contributed by atoms with van der Waals surface area (Å²) in [6.45, 7) is 2.96. The number of hydrogen-bond donors (Lipinski definition) is 1. The van der Waals surface area contributed by atoms with Crippen molar-refractivity contribution in [3.05, 3.63) is 35.4 Å². The van der Waals surface area contributed by atoms with Crippen LogP contribution in [0.2, 0.25) is 0 Å². The van der Waals surface area contributed by atoms with Crippen LogP contribution in [0, 0.1) is 0 Å². The summed E-state index contributed by atoms with van der Waals surface area (Å²) in [5.41, 5.74) is 1.64. The van der Waals surface area contributed by atoms with Crippen LogP contribution in [-0.4, -0.2) is 13.0 Å². The smallest absolute Gasteiger partial charge is 0.274 e. The second kappa shape index (κ2) is 4.23. The maximum Gasteiger partial charge on any atom is 0.274 e. The van der Waals surface area contributed by atoms with Crippen LogP contribution in [0.4, 0.5) is 0 Å². The van der Waals surface area contributed by atoms with Gasteiger partial charge < -0.3 is 0 Å². The Morgan fingerprint density at radius 1 is 1.27 bits per heavy atom. The predicted molar refractivity (Wildman–Crippen MR) is 63.6 cm³/mol. The van der Waals surface area contributed by atoms with Gasteiger partial charge in [0.05, 0.1) is 0 Å². The first-order chi connectivity index (χ1) is 6.79. The van der Waals surface area contributed by atoms with Crippen molar-refractivity contribution < 1.29 is 13.0 Å². The molecule has 0 bridgehead atoms. The zero-order valence-corrected chi connectivity index (χ0v) is 11.0. The summed E-state index contributed by atoms with van der Waals surface area (Å²) in [7, 11) is -4.09. The van der Waals surface area contributed by atoms with Gasteiger partial charge in [0.15, 0.2) is 0 Å². The van der Waals surface area contributed by atoms with Crippen molar-refractivity contribution in [1.82, 2.24) is 0 Å². The SMILES string of the molecule is CC(C)(c1ccc(CBr)cc1)S(=O)(=O)O. The summed E-state index contributed by atoms with van der Waals surface area (Å²) < 4.78 is 30.1. The Morgan fingerprint density at radius 3 is 2.07 bits per heavy atom. The van der Waals surface area contributed by atoms with Crippen molar-refractivity contribution in [2.24, 2.45) is 0 Å². The lowest BCUT2D eigenvalue weighted by Crippen LogP contribution is -2.28. The van der Waals surface area contributed by atoms with E-state index in [-0.39, 0.29) is 0 Å². The Hall–Kier alpha value is -0.390. The molecular formula is C10H13BrO3S. The molecule has 0 aliphatic rings. The van der Waals surface area contributed by atoms with E-state index in [9.17, 15) is 8.42 Å². The Balaban J connectivity index is 3.17. The van der Waals surface area contributed by atoms with Gasteiger partial charge in [0.1, 0.15) is 4.75 Å². The van der Waals surface area contributed by atoms with Gasteiger partial charge in [0.2, 0.25) is 0 Å². The summed E-state index contributed by atoms with van der Waals surface area (Å²) in [5, 5.41) is 0.722. The van der Waals surface area contributed by atoms with E-state index in [1.54, 1.807) is 12.1 Å². The molecule has 0 atom stereocenters. The lowest BCUT2D eigenvalue weighted by molar-refractivity contribution is 0.445. The molecule has 0 spiro atoms. The number of rotatable bonds is 3. The van der Waals surface area contributed by atoms with E-state index in [1.165, 1.54) is 13.8 Å². The molecule has 0 heterocycles. The molecule has 5 heteroatoms. The van der Waals surface area contributed by atoms with Crippen LogP contribution in [-0.2, 0) is 20.2 Å². The van der Waals surface area contributed by atoms with Crippen molar-refractivity contribution in [2.75, 3.05) is 0 Å². The molecule has 0 aliphatic carbocycles. The van der Waals surface area contributed by atoms with Gasteiger partial charge in [-0.25, -0.2) is 0 Å². The van der Waals surface area contributed by atoms with Crippen LogP contribution in [0.25, 0.3) is 0 Å². The van der Waals surface area contributed by atoms with Crippen molar-refractivity contribution in [3.63, 3.8) is 0 Å². The molecule has 0 aromatic heterocycles. The van der Waals surface area contributed by atoms with Crippen LogP contribution in [0.3, 0.4) is 0 Å².